The molecule has 234 valence electrons. The standard InChI is InChI=1S/C30H55NO9/c1-11-23-30(9,36)25(32)19(5)24(31-37)17(3)14-28(7,35)13-16(2)22(18(4)27(34)40-23)12-21-15-29(8,38-10)26(33)20(6)39-21/h16-23,25-26,32-33,35-37H,11-15H2,1-10H3/b31-24+/t16-,17-,18-,19?,20?,21+,22+,23-,25?,26+,28+,29-,30-/m1/s1. The van der Waals surface area contributed by atoms with Crippen LogP contribution in [0.5, 0.6) is 0 Å². The van der Waals surface area contributed by atoms with Crippen molar-refractivity contribution in [2.75, 3.05) is 7.11 Å². The van der Waals surface area contributed by atoms with Crippen LogP contribution in [0.15, 0.2) is 5.16 Å². The van der Waals surface area contributed by atoms with Crippen molar-refractivity contribution in [3.63, 3.8) is 0 Å². The number of oxime groups is 1. The Morgan fingerprint density at radius 2 is 1.57 bits per heavy atom. The quantitative estimate of drug-likeness (QED) is 0.193. The number of carbonyl (C=O) groups is 1. The number of carbonyl (C=O) groups excluding carboxylic acids is 1. The first-order valence-corrected chi connectivity index (χ1v) is 14.8. The third kappa shape index (κ3) is 7.55. The third-order valence-electron chi connectivity index (χ3n) is 9.80. The minimum atomic E-state index is -1.83. The van der Waals surface area contributed by atoms with Gasteiger partial charge in [-0.05, 0) is 65.2 Å². The number of hydrogen-bond acceptors (Lipinski definition) is 10. The van der Waals surface area contributed by atoms with Gasteiger partial charge in [0, 0.05) is 25.4 Å². The highest BCUT2D eigenvalue weighted by atomic mass is 16.6. The molecule has 0 radical (unpaired) electrons. The summed E-state index contributed by atoms with van der Waals surface area (Å²) in [6.45, 7) is 15.8. The lowest BCUT2D eigenvalue weighted by Gasteiger charge is -2.46. The van der Waals surface area contributed by atoms with Gasteiger partial charge in [-0.2, -0.15) is 0 Å². The monoisotopic (exact) mass is 573 g/mol. The topological polar surface area (TPSA) is 158 Å². The second kappa shape index (κ2) is 13.3. The van der Waals surface area contributed by atoms with E-state index in [2.05, 4.69) is 5.16 Å². The molecule has 13 atom stereocenters. The molecule has 0 saturated carbocycles. The zero-order valence-electron chi connectivity index (χ0n) is 26.1. The van der Waals surface area contributed by atoms with Gasteiger partial charge in [-0.3, -0.25) is 4.79 Å². The van der Waals surface area contributed by atoms with Crippen molar-refractivity contribution in [1.29, 1.82) is 0 Å². The summed E-state index contributed by atoms with van der Waals surface area (Å²) in [7, 11) is 1.57. The number of rotatable bonds is 4. The predicted octanol–water partition coefficient (Wildman–Crippen LogP) is 3.29. The zero-order chi connectivity index (χ0) is 30.8. The zero-order valence-corrected chi connectivity index (χ0v) is 26.1. The van der Waals surface area contributed by atoms with Crippen molar-refractivity contribution in [1.82, 2.24) is 0 Å². The van der Waals surface area contributed by atoms with Crippen LogP contribution in [-0.2, 0) is 19.0 Å². The molecule has 0 aromatic carbocycles. The average molecular weight is 574 g/mol. The fourth-order valence-electron chi connectivity index (χ4n) is 7.30. The first-order valence-electron chi connectivity index (χ1n) is 14.8. The highest BCUT2D eigenvalue weighted by molar-refractivity contribution is 5.88. The summed E-state index contributed by atoms with van der Waals surface area (Å²) >= 11 is 0. The molecule has 2 fully saturated rings. The first-order chi connectivity index (χ1) is 18.3. The van der Waals surface area contributed by atoms with E-state index in [4.69, 9.17) is 14.2 Å². The van der Waals surface area contributed by atoms with E-state index in [1.807, 2.05) is 20.8 Å². The molecule has 0 bridgehead atoms. The van der Waals surface area contributed by atoms with Crippen LogP contribution in [-0.4, -0.2) is 91.7 Å². The molecule has 0 amide bonds. The number of ether oxygens (including phenoxy) is 3. The van der Waals surface area contributed by atoms with Gasteiger partial charge >= 0.3 is 5.97 Å². The number of nitrogens with zero attached hydrogens (tertiary/aromatic N) is 1. The molecule has 2 saturated heterocycles. The fraction of sp³-hybridized carbons (Fsp3) is 0.933. The molecular weight excluding hydrogens is 518 g/mol. The van der Waals surface area contributed by atoms with Crippen molar-refractivity contribution in [2.24, 2.45) is 34.7 Å². The molecule has 10 nitrogen and oxygen atoms in total. The lowest BCUT2D eigenvalue weighted by atomic mass is 9.71. The Hall–Kier alpha value is -1.30. The molecule has 40 heavy (non-hydrogen) atoms. The van der Waals surface area contributed by atoms with Crippen molar-refractivity contribution in [2.45, 2.75) is 142 Å². The van der Waals surface area contributed by atoms with E-state index >= 15 is 0 Å². The van der Waals surface area contributed by atoms with Gasteiger partial charge in [0.25, 0.3) is 0 Å². The Balaban J connectivity index is 2.51. The van der Waals surface area contributed by atoms with E-state index in [1.165, 1.54) is 6.92 Å². The van der Waals surface area contributed by atoms with Crippen molar-refractivity contribution in [3.8, 4) is 0 Å². The normalized spacial score (nSPS) is 49.4. The molecule has 10 heteroatoms. The lowest BCUT2D eigenvalue weighted by molar-refractivity contribution is -0.219. The molecule has 0 spiro atoms. The number of hydrogen-bond donors (Lipinski definition) is 5. The van der Waals surface area contributed by atoms with Gasteiger partial charge in [-0.1, -0.05) is 39.8 Å². The first kappa shape index (κ1) is 34.9. The summed E-state index contributed by atoms with van der Waals surface area (Å²) < 4.78 is 17.7. The van der Waals surface area contributed by atoms with Crippen molar-refractivity contribution >= 4 is 11.7 Å². The van der Waals surface area contributed by atoms with Gasteiger partial charge in [0.1, 0.15) is 17.8 Å². The van der Waals surface area contributed by atoms with Crippen LogP contribution in [0.25, 0.3) is 0 Å². The maximum absolute atomic E-state index is 13.6. The molecule has 3 unspecified atom stereocenters. The minimum absolute atomic E-state index is 0.148. The van der Waals surface area contributed by atoms with Crippen LogP contribution in [0.2, 0.25) is 0 Å². The SMILES string of the molecule is CC[C@H]1OC(=O)[C@H](C)[C@@H](C[C@H]2C[C@@](C)(OC)[C@@H](O)C(C)O2)[C@H](C)C[C@](C)(O)C[C@@H](C)/C(=N\O)C(C)C(O)[C@]1(C)O. The second-order valence-corrected chi connectivity index (χ2v) is 13.4. The highest BCUT2D eigenvalue weighted by Gasteiger charge is 2.49. The van der Waals surface area contributed by atoms with E-state index in [1.54, 1.807) is 41.7 Å². The summed E-state index contributed by atoms with van der Waals surface area (Å²) in [5, 5.41) is 58.1. The van der Waals surface area contributed by atoms with E-state index in [9.17, 15) is 30.4 Å². The Morgan fingerprint density at radius 3 is 2.10 bits per heavy atom. The van der Waals surface area contributed by atoms with Crippen LogP contribution in [0.1, 0.15) is 94.4 Å². The van der Waals surface area contributed by atoms with Gasteiger partial charge in [0.15, 0.2) is 0 Å². The van der Waals surface area contributed by atoms with E-state index in [-0.39, 0.29) is 36.5 Å². The smallest absolute Gasteiger partial charge is 0.309 e. The average Bonchev–Trinajstić information content (AvgIpc) is 2.86. The second-order valence-electron chi connectivity index (χ2n) is 13.4. The number of methoxy groups -OCH3 is 1. The number of esters is 1. The molecule has 0 aromatic heterocycles. The summed E-state index contributed by atoms with van der Waals surface area (Å²) in [5.74, 6) is -2.71. The van der Waals surface area contributed by atoms with Crippen molar-refractivity contribution < 1.29 is 44.6 Å². The van der Waals surface area contributed by atoms with Gasteiger partial charge in [-0.15, -0.1) is 0 Å². The van der Waals surface area contributed by atoms with E-state index in [0.29, 0.717) is 19.3 Å². The van der Waals surface area contributed by atoms with E-state index in [0.717, 1.165) is 0 Å². The Labute approximate surface area is 240 Å². The maximum atomic E-state index is 13.6. The summed E-state index contributed by atoms with van der Waals surface area (Å²) in [5.41, 5.74) is -3.56. The number of cyclic esters (lactones) is 1. The van der Waals surface area contributed by atoms with Crippen LogP contribution < -0.4 is 0 Å². The van der Waals surface area contributed by atoms with Crippen LogP contribution in [0.3, 0.4) is 0 Å². The summed E-state index contributed by atoms with van der Waals surface area (Å²) in [6.07, 6.45) is -2.21. The van der Waals surface area contributed by atoms with Gasteiger partial charge in [-0.25, -0.2) is 0 Å². The van der Waals surface area contributed by atoms with Crippen LogP contribution >= 0.6 is 0 Å². The predicted molar refractivity (Wildman–Crippen MR) is 151 cm³/mol. The molecule has 2 aliphatic heterocycles. The van der Waals surface area contributed by atoms with Crippen molar-refractivity contribution in [3.05, 3.63) is 0 Å². The number of aliphatic hydroxyl groups is 4. The van der Waals surface area contributed by atoms with E-state index < -0.39 is 64.9 Å². The molecule has 2 aliphatic rings. The maximum Gasteiger partial charge on any atom is 0.309 e. The van der Waals surface area contributed by atoms with Crippen LogP contribution in [0, 0.1) is 29.6 Å². The molecule has 0 aliphatic carbocycles. The van der Waals surface area contributed by atoms with Crippen LogP contribution in [0.4, 0.5) is 0 Å². The Morgan fingerprint density at radius 1 is 0.975 bits per heavy atom. The Bertz CT molecular complexity index is 877. The van der Waals surface area contributed by atoms with Gasteiger partial charge in [0.2, 0.25) is 0 Å². The minimum Gasteiger partial charge on any atom is -0.459 e. The van der Waals surface area contributed by atoms with Gasteiger partial charge in [0.05, 0.1) is 41.1 Å². The number of aliphatic hydroxyl groups excluding tert-OH is 2. The molecule has 2 heterocycles. The summed E-state index contributed by atoms with van der Waals surface area (Å²) in [6, 6.07) is 0. The fourth-order valence-corrected chi connectivity index (χ4v) is 7.30. The summed E-state index contributed by atoms with van der Waals surface area (Å²) in [4.78, 5) is 13.6. The highest BCUT2D eigenvalue weighted by Crippen LogP contribution is 2.41. The van der Waals surface area contributed by atoms with Gasteiger partial charge < -0.3 is 39.8 Å². The molecule has 5 N–H and O–H groups in total. The Kier molecular flexibility index (Phi) is 11.6. The third-order valence-corrected chi connectivity index (χ3v) is 9.80. The largest absolute Gasteiger partial charge is 0.459 e. The molecule has 0 aromatic rings. The molecule has 2 rings (SSSR count). The molecular formula is C30H55NO9. The lowest BCUT2D eigenvalue weighted by Crippen LogP contribution is -2.57.